The molecule has 0 bridgehead atoms. The third-order valence-electron chi connectivity index (χ3n) is 5.27. The molecule has 3 atom stereocenters. The molecule has 2 fully saturated rings. The average Bonchev–Trinajstić information content (AvgIpc) is 2.89. The third kappa shape index (κ3) is 3.17. The van der Waals surface area contributed by atoms with Crippen LogP contribution in [0, 0.1) is 17.8 Å². The van der Waals surface area contributed by atoms with Gasteiger partial charge >= 0.3 is 5.97 Å². The molecule has 0 aliphatic heterocycles. The molecule has 1 aromatic rings. The van der Waals surface area contributed by atoms with Gasteiger partial charge in [-0.3, -0.25) is 4.79 Å². The van der Waals surface area contributed by atoms with Crippen molar-refractivity contribution in [2.75, 3.05) is 0 Å². The van der Waals surface area contributed by atoms with Gasteiger partial charge in [-0.1, -0.05) is 37.8 Å². The molecule has 2 aliphatic rings. The highest BCUT2D eigenvalue weighted by molar-refractivity contribution is 5.97. The molecule has 0 aromatic heterocycles. The largest absolute Gasteiger partial charge is 0.478 e. The van der Waals surface area contributed by atoms with Gasteiger partial charge in [0, 0.05) is 12.0 Å². The van der Waals surface area contributed by atoms with E-state index in [0.29, 0.717) is 17.9 Å². The van der Waals surface area contributed by atoms with E-state index in [1.165, 1.54) is 50.7 Å². The Morgan fingerprint density at radius 1 is 0.952 bits per heavy atom. The normalized spacial score (nSPS) is 28.1. The molecule has 0 radical (unpaired) electrons. The van der Waals surface area contributed by atoms with Crippen LogP contribution in [0.15, 0.2) is 24.3 Å². The van der Waals surface area contributed by atoms with Crippen LogP contribution in [0.3, 0.4) is 0 Å². The minimum Gasteiger partial charge on any atom is -0.478 e. The molecule has 3 nitrogen and oxygen atoms in total. The lowest BCUT2D eigenvalue weighted by Crippen LogP contribution is -2.12. The predicted octanol–water partition coefficient (Wildman–Crippen LogP) is 4.17. The summed E-state index contributed by atoms with van der Waals surface area (Å²) in [6.45, 7) is 0. The van der Waals surface area contributed by atoms with Crippen molar-refractivity contribution in [3.8, 4) is 0 Å². The molecule has 1 unspecified atom stereocenters. The lowest BCUT2D eigenvalue weighted by atomic mass is 9.82. The molecule has 1 N–H and O–H groups in total. The molecular formula is C18H22O3. The minimum absolute atomic E-state index is 0.163. The van der Waals surface area contributed by atoms with Crippen molar-refractivity contribution in [3.63, 3.8) is 0 Å². The zero-order valence-corrected chi connectivity index (χ0v) is 12.3. The number of carbonyl (C=O) groups excluding carboxylic acids is 1. The number of aromatic carboxylic acids is 1. The number of fused-ring (bicyclic) bond motifs is 1. The van der Waals surface area contributed by atoms with Crippen LogP contribution in [0.2, 0.25) is 0 Å². The Labute approximate surface area is 125 Å². The van der Waals surface area contributed by atoms with E-state index in [4.69, 9.17) is 5.11 Å². The van der Waals surface area contributed by atoms with Gasteiger partial charge in [-0.2, -0.15) is 0 Å². The Kier molecular flexibility index (Phi) is 4.09. The molecule has 0 spiro atoms. The molecule has 0 saturated heterocycles. The monoisotopic (exact) mass is 286 g/mol. The van der Waals surface area contributed by atoms with Crippen molar-refractivity contribution in [1.82, 2.24) is 0 Å². The van der Waals surface area contributed by atoms with Crippen molar-refractivity contribution in [1.29, 1.82) is 0 Å². The van der Waals surface area contributed by atoms with Gasteiger partial charge in [0.1, 0.15) is 0 Å². The molecule has 3 heteroatoms. The van der Waals surface area contributed by atoms with E-state index in [2.05, 4.69) is 0 Å². The van der Waals surface area contributed by atoms with E-state index >= 15 is 0 Å². The second-order valence-electron chi connectivity index (χ2n) is 6.65. The standard InChI is InChI=1S/C18H22O3/c19-17(13-5-7-14(8-6-13)18(20)21)11-12-9-15-3-1-2-4-16(15)10-12/h5-8,12,15-16H,1-4,9-11H2,(H,20,21)/t12?,15-,16+. The highest BCUT2D eigenvalue weighted by Crippen LogP contribution is 2.46. The van der Waals surface area contributed by atoms with Crippen LogP contribution < -0.4 is 0 Å². The zero-order valence-electron chi connectivity index (χ0n) is 12.3. The molecule has 21 heavy (non-hydrogen) atoms. The van der Waals surface area contributed by atoms with Gasteiger partial charge in [0.25, 0.3) is 0 Å². The number of benzene rings is 1. The number of carboxylic acid groups (broad SMARTS) is 1. The van der Waals surface area contributed by atoms with Crippen molar-refractivity contribution in [2.24, 2.45) is 17.8 Å². The Morgan fingerprint density at radius 2 is 1.48 bits per heavy atom. The fourth-order valence-electron chi connectivity index (χ4n) is 4.20. The SMILES string of the molecule is O=C(O)c1ccc(C(=O)CC2C[C@H]3CCCC[C@H]3C2)cc1. The number of carboxylic acids is 1. The Balaban J connectivity index is 1.60. The second kappa shape index (κ2) is 6.00. The summed E-state index contributed by atoms with van der Waals surface area (Å²) in [5.41, 5.74) is 0.883. The highest BCUT2D eigenvalue weighted by Gasteiger charge is 2.36. The van der Waals surface area contributed by atoms with Gasteiger partial charge in [0.05, 0.1) is 5.56 Å². The van der Waals surface area contributed by atoms with Crippen LogP contribution in [-0.4, -0.2) is 16.9 Å². The van der Waals surface area contributed by atoms with E-state index in [0.717, 1.165) is 11.8 Å². The third-order valence-corrected chi connectivity index (χ3v) is 5.27. The van der Waals surface area contributed by atoms with E-state index in [9.17, 15) is 9.59 Å². The summed E-state index contributed by atoms with van der Waals surface area (Å²) in [5.74, 6) is 1.45. The summed E-state index contributed by atoms with van der Waals surface area (Å²) in [7, 11) is 0. The Bertz CT molecular complexity index is 518. The quantitative estimate of drug-likeness (QED) is 0.845. The first kappa shape index (κ1) is 14.3. The van der Waals surface area contributed by atoms with Crippen molar-refractivity contribution in [3.05, 3.63) is 35.4 Å². The van der Waals surface area contributed by atoms with Crippen molar-refractivity contribution < 1.29 is 14.7 Å². The van der Waals surface area contributed by atoms with Crippen LogP contribution in [0.4, 0.5) is 0 Å². The Morgan fingerprint density at radius 3 is 2.00 bits per heavy atom. The molecule has 2 saturated carbocycles. The van der Waals surface area contributed by atoms with E-state index in [-0.39, 0.29) is 11.3 Å². The predicted molar refractivity (Wildman–Crippen MR) is 80.5 cm³/mol. The summed E-state index contributed by atoms with van der Waals surface area (Å²) >= 11 is 0. The van der Waals surface area contributed by atoms with E-state index in [1.807, 2.05) is 0 Å². The van der Waals surface area contributed by atoms with Gasteiger partial charge in [0.2, 0.25) is 0 Å². The summed E-state index contributed by atoms with van der Waals surface area (Å²) in [6, 6.07) is 6.33. The van der Waals surface area contributed by atoms with Gasteiger partial charge in [0.15, 0.2) is 5.78 Å². The maximum Gasteiger partial charge on any atom is 0.335 e. The number of Topliss-reactive ketones (excluding diaryl/α,β-unsaturated/α-hetero) is 1. The molecule has 112 valence electrons. The summed E-state index contributed by atoms with van der Waals surface area (Å²) in [4.78, 5) is 23.2. The first-order chi connectivity index (χ1) is 10.1. The molecule has 2 aliphatic carbocycles. The second-order valence-corrected chi connectivity index (χ2v) is 6.65. The van der Waals surface area contributed by atoms with Gasteiger partial charge in [-0.05, 0) is 42.7 Å². The number of ketones is 1. The maximum absolute atomic E-state index is 12.3. The number of rotatable bonds is 4. The lowest BCUT2D eigenvalue weighted by molar-refractivity contribution is 0.0696. The van der Waals surface area contributed by atoms with E-state index in [1.54, 1.807) is 12.1 Å². The number of carbonyl (C=O) groups is 2. The molecule has 3 rings (SSSR count). The van der Waals surface area contributed by atoms with Gasteiger partial charge in [-0.25, -0.2) is 4.79 Å². The summed E-state index contributed by atoms with van der Waals surface area (Å²) in [6.07, 6.45) is 8.47. The first-order valence-corrected chi connectivity index (χ1v) is 8.00. The molecular weight excluding hydrogens is 264 g/mol. The zero-order chi connectivity index (χ0) is 14.8. The molecule has 1 aromatic carbocycles. The lowest BCUT2D eigenvalue weighted by Gasteiger charge is -2.24. The van der Waals surface area contributed by atoms with Crippen molar-refractivity contribution >= 4 is 11.8 Å². The summed E-state index contributed by atoms with van der Waals surface area (Å²) in [5, 5.41) is 8.88. The maximum atomic E-state index is 12.3. The van der Waals surface area contributed by atoms with Crippen LogP contribution in [0.5, 0.6) is 0 Å². The van der Waals surface area contributed by atoms with E-state index < -0.39 is 5.97 Å². The molecule has 0 amide bonds. The van der Waals surface area contributed by atoms with Crippen LogP contribution in [0.25, 0.3) is 0 Å². The number of hydrogen-bond acceptors (Lipinski definition) is 2. The smallest absolute Gasteiger partial charge is 0.335 e. The minimum atomic E-state index is -0.950. The van der Waals surface area contributed by atoms with Crippen LogP contribution in [-0.2, 0) is 0 Å². The highest BCUT2D eigenvalue weighted by atomic mass is 16.4. The summed E-state index contributed by atoms with van der Waals surface area (Å²) < 4.78 is 0. The first-order valence-electron chi connectivity index (χ1n) is 8.00. The fraction of sp³-hybridized carbons (Fsp3) is 0.556. The average molecular weight is 286 g/mol. The van der Waals surface area contributed by atoms with Crippen LogP contribution in [0.1, 0.15) is 65.7 Å². The Hall–Kier alpha value is -1.64. The van der Waals surface area contributed by atoms with Crippen molar-refractivity contribution in [2.45, 2.75) is 44.9 Å². The fourth-order valence-corrected chi connectivity index (χ4v) is 4.20. The molecule has 0 heterocycles. The van der Waals surface area contributed by atoms with Gasteiger partial charge in [-0.15, -0.1) is 0 Å². The topological polar surface area (TPSA) is 54.4 Å². The van der Waals surface area contributed by atoms with Gasteiger partial charge < -0.3 is 5.11 Å². The van der Waals surface area contributed by atoms with Crippen LogP contribution >= 0.6 is 0 Å². The number of hydrogen-bond donors (Lipinski definition) is 1.